The van der Waals surface area contributed by atoms with Crippen molar-refractivity contribution in [3.8, 4) is 0 Å². The Bertz CT molecular complexity index is 355. The van der Waals surface area contributed by atoms with Crippen LogP contribution >= 0.6 is 0 Å². The first kappa shape index (κ1) is 11.2. The number of aryl methyl sites for hydroxylation is 1. The number of hydrogen-bond acceptors (Lipinski definition) is 4. The minimum atomic E-state index is -0.420. The van der Waals surface area contributed by atoms with E-state index < -0.39 is 6.10 Å². The predicted octanol–water partition coefficient (Wildman–Crippen LogP) is 0.917. The topological polar surface area (TPSA) is 48.4 Å². The molecule has 1 unspecified atom stereocenters. The van der Waals surface area contributed by atoms with E-state index in [1.807, 2.05) is 19.1 Å². The van der Waals surface area contributed by atoms with E-state index in [4.69, 9.17) is 9.47 Å². The molecule has 4 heteroatoms. The van der Waals surface area contributed by atoms with Crippen LogP contribution in [-0.4, -0.2) is 36.7 Å². The molecule has 0 bridgehead atoms. The van der Waals surface area contributed by atoms with Gasteiger partial charge in [-0.15, -0.1) is 0 Å². The van der Waals surface area contributed by atoms with Gasteiger partial charge in [0.25, 0.3) is 0 Å². The third kappa shape index (κ3) is 2.87. The second-order valence-corrected chi connectivity index (χ2v) is 3.90. The van der Waals surface area contributed by atoms with Gasteiger partial charge in [0.1, 0.15) is 6.10 Å². The summed E-state index contributed by atoms with van der Waals surface area (Å²) in [6.07, 6.45) is 1.66. The van der Waals surface area contributed by atoms with Gasteiger partial charge in [-0.2, -0.15) is 0 Å². The number of hydrogen-bond donors (Lipinski definition) is 0. The lowest BCUT2D eigenvalue weighted by molar-refractivity contribution is -0.144. The standard InChI is InChI=1S/C12H15NO3/c1-9-2-3-10(13-7-9)6-11(14)12-8-15-4-5-16-12/h2-3,7,12H,4-6,8H2,1H3. The van der Waals surface area contributed by atoms with E-state index in [2.05, 4.69) is 4.98 Å². The van der Waals surface area contributed by atoms with E-state index in [0.29, 0.717) is 26.2 Å². The summed E-state index contributed by atoms with van der Waals surface area (Å²) < 4.78 is 10.5. The van der Waals surface area contributed by atoms with Crippen LogP contribution in [-0.2, 0) is 20.7 Å². The molecule has 0 saturated carbocycles. The molecule has 0 N–H and O–H groups in total. The number of rotatable bonds is 3. The lowest BCUT2D eigenvalue weighted by Crippen LogP contribution is -2.36. The van der Waals surface area contributed by atoms with Crippen molar-refractivity contribution in [2.45, 2.75) is 19.4 Å². The van der Waals surface area contributed by atoms with Crippen LogP contribution < -0.4 is 0 Å². The van der Waals surface area contributed by atoms with Crippen LogP contribution in [0.2, 0.25) is 0 Å². The van der Waals surface area contributed by atoms with Gasteiger partial charge in [0, 0.05) is 11.9 Å². The van der Waals surface area contributed by atoms with E-state index >= 15 is 0 Å². The number of aromatic nitrogens is 1. The SMILES string of the molecule is Cc1ccc(CC(=O)C2COCCO2)nc1. The second-order valence-electron chi connectivity index (χ2n) is 3.90. The number of carbonyl (C=O) groups excluding carboxylic acids is 1. The van der Waals surface area contributed by atoms with E-state index in [0.717, 1.165) is 11.3 Å². The Morgan fingerprint density at radius 2 is 2.38 bits per heavy atom. The fourth-order valence-electron chi connectivity index (χ4n) is 1.57. The normalized spacial score (nSPS) is 20.7. The van der Waals surface area contributed by atoms with Gasteiger partial charge in [0.05, 0.1) is 26.2 Å². The average molecular weight is 221 g/mol. The quantitative estimate of drug-likeness (QED) is 0.761. The zero-order valence-corrected chi connectivity index (χ0v) is 9.31. The van der Waals surface area contributed by atoms with Crippen molar-refractivity contribution >= 4 is 5.78 Å². The lowest BCUT2D eigenvalue weighted by atomic mass is 10.1. The molecule has 2 rings (SSSR count). The number of nitrogens with zero attached hydrogens (tertiary/aromatic N) is 1. The summed E-state index contributed by atoms with van der Waals surface area (Å²) in [5, 5.41) is 0. The molecule has 4 nitrogen and oxygen atoms in total. The molecule has 0 spiro atoms. The number of ketones is 1. The molecule has 1 aromatic rings. The zero-order valence-electron chi connectivity index (χ0n) is 9.31. The maximum Gasteiger partial charge on any atom is 0.169 e. The molecule has 1 aliphatic rings. The zero-order chi connectivity index (χ0) is 11.4. The van der Waals surface area contributed by atoms with Crippen molar-refractivity contribution in [3.05, 3.63) is 29.6 Å². The number of pyridine rings is 1. The van der Waals surface area contributed by atoms with Crippen molar-refractivity contribution in [2.75, 3.05) is 19.8 Å². The van der Waals surface area contributed by atoms with Crippen molar-refractivity contribution in [2.24, 2.45) is 0 Å². The summed E-state index contributed by atoms with van der Waals surface area (Å²) >= 11 is 0. The molecular formula is C12H15NO3. The minimum Gasteiger partial charge on any atom is -0.376 e. The molecule has 86 valence electrons. The van der Waals surface area contributed by atoms with Gasteiger partial charge in [-0.3, -0.25) is 9.78 Å². The highest BCUT2D eigenvalue weighted by atomic mass is 16.6. The first-order valence-electron chi connectivity index (χ1n) is 5.39. The molecule has 16 heavy (non-hydrogen) atoms. The molecule has 0 aliphatic carbocycles. The fraction of sp³-hybridized carbons (Fsp3) is 0.500. The van der Waals surface area contributed by atoms with E-state index in [1.165, 1.54) is 0 Å². The monoisotopic (exact) mass is 221 g/mol. The molecule has 0 radical (unpaired) electrons. The van der Waals surface area contributed by atoms with Crippen LogP contribution in [0.4, 0.5) is 0 Å². The van der Waals surface area contributed by atoms with Crippen LogP contribution in [0.15, 0.2) is 18.3 Å². The minimum absolute atomic E-state index is 0.0380. The highest BCUT2D eigenvalue weighted by Crippen LogP contribution is 2.07. The summed E-state index contributed by atoms with van der Waals surface area (Å²) in [5.41, 5.74) is 1.87. The van der Waals surface area contributed by atoms with Crippen molar-refractivity contribution in [1.29, 1.82) is 0 Å². The van der Waals surface area contributed by atoms with E-state index in [9.17, 15) is 4.79 Å². The average Bonchev–Trinajstić information content (AvgIpc) is 2.33. The maximum atomic E-state index is 11.8. The predicted molar refractivity (Wildman–Crippen MR) is 58.2 cm³/mol. The Morgan fingerprint density at radius 3 is 3.00 bits per heavy atom. The largest absolute Gasteiger partial charge is 0.376 e. The molecule has 0 amide bonds. The van der Waals surface area contributed by atoms with Gasteiger partial charge in [-0.05, 0) is 18.6 Å². The summed E-state index contributed by atoms with van der Waals surface area (Å²) in [5.74, 6) is 0.0380. The number of Topliss-reactive ketones (excluding diaryl/α,β-unsaturated/α-hetero) is 1. The van der Waals surface area contributed by atoms with Crippen LogP contribution in [0.5, 0.6) is 0 Å². The summed E-state index contributed by atoms with van der Waals surface area (Å²) in [7, 11) is 0. The number of ether oxygens (including phenoxy) is 2. The third-order valence-corrected chi connectivity index (χ3v) is 2.50. The lowest BCUT2D eigenvalue weighted by Gasteiger charge is -2.21. The smallest absolute Gasteiger partial charge is 0.169 e. The molecule has 1 atom stereocenters. The highest BCUT2D eigenvalue weighted by Gasteiger charge is 2.22. The van der Waals surface area contributed by atoms with Crippen molar-refractivity contribution < 1.29 is 14.3 Å². The van der Waals surface area contributed by atoms with Crippen molar-refractivity contribution in [3.63, 3.8) is 0 Å². The fourth-order valence-corrected chi connectivity index (χ4v) is 1.57. The summed E-state index contributed by atoms with van der Waals surface area (Å²) in [6.45, 7) is 3.41. The molecule has 1 aromatic heterocycles. The van der Waals surface area contributed by atoms with Gasteiger partial charge in [0.15, 0.2) is 5.78 Å². The molecule has 0 aromatic carbocycles. The Morgan fingerprint density at radius 1 is 1.50 bits per heavy atom. The van der Waals surface area contributed by atoms with E-state index in [1.54, 1.807) is 6.20 Å². The number of carbonyl (C=O) groups is 1. The van der Waals surface area contributed by atoms with Gasteiger partial charge in [0.2, 0.25) is 0 Å². The highest BCUT2D eigenvalue weighted by molar-refractivity contribution is 5.85. The van der Waals surface area contributed by atoms with Crippen LogP contribution in [0.3, 0.4) is 0 Å². The Labute approximate surface area is 94.6 Å². The Hall–Kier alpha value is -1.26. The van der Waals surface area contributed by atoms with Gasteiger partial charge >= 0.3 is 0 Å². The maximum absolute atomic E-state index is 11.8. The molecule has 1 aliphatic heterocycles. The van der Waals surface area contributed by atoms with Crippen LogP contribution in [0.1, 0.15) is 11.3 Å². The van der Waals surface area contributed by atoms with Crippen molar-refractivity contribution in [1.82, 2.24) is 4.98 Å². The van der Waals surface area contributed by atoms with Crippen LogP contribution in [0.25, 0.3) is 0 Å². The first-order chi connectivity index (χ1) is 7.75. The van der Waals surface area contributed by atoms with Gasteiger partial charge in [-0.25, -0.2) is 0 Å². The molecule has 1 fully saturated rings. The third-order valence-electron chi connectivity index (χ3n) is 2.50. The molecule has 2 heterocycles. The summed E-state index contributed by atoms with van der Waals surface area (Å²) in [4.78, 5) is 16.0. The Balaban J connectivity index is 1.93. The van der Waals surface area contributed by atoms with Gasteiger partial charge < -0.3 is 9.47 Å². The Kier molecular flexibility index (Phi) is 3.64. The molecule has 1 saturated heterocycles. The van der Waals surface area contributed by atoms with Gasteiger partial charge in [-0.1, -0.05) is 6.07 Å². The second kappa shape index (κ2) is 5.18. The van der Waals surface area contributed by atoms with Crippen LogP contribution in [0, 0.1) is 6.92 Å². The summed E-state index contributed by atoms with van der Waals surface area (Å²) in [6, 6.07) is 3.82. The first-order valence-corrected chi connectivity index (χ1v) is 5.39. The molecular weight excluding hydrogens is 206 g/mol. The van der Waals surface area contributed by atoms with E-state index in [-0.39, 0.29) is 5.78 Å².